The number of carbonyl (C=O) groups is 1. The van der Waals surface area contributed by atoms with E-state index < -0.39 is 10.0 Å². The van der Waals surface area contributed by atoms with Crippen LogP contribution in [0.4, 0.5) is 5.69 Å². The van der Waals surface area contributed by atoms with E-state index >= 15 is 0 Å². The normalized spacial score (nSPS) is 11.3. The lowest BCUT2D eigenvalue weighted by Gasteiger charge is -2.20. The smallest absolute Gasteiger partial charge is 0.264 e. The topological polar surface area (TPSA) is 75.7 Å². The number of nitrogens with zero attached hydrogens (tertiary/aromatic N) is 1. The summed E-state index contributed by atoms with van der Waals surface area (Å²) in [6.07, 6.45) is 2.04. The van der Waals surface area contributed by atoms with Crippen molar-refractivity contribution in [2.24, 2.45) is 0 Å². The fourth-order valence-corrected chi connectivity index (χ4v) is 4.71. The van der Waals surface area contributed by atoms with Crippen LogP contribution in [-0.2, 0) is 16.6 Å². The number of benzene rings is 3. The van der Waals surface area contributed by atoms with Gasteiger partial charge in [0.1, 0.15) is 5.75 Å². The maximum Gasteiger partial charge on any atom is 0.264 e. The Hall–Kier alpha value is -2.97. The van der Waals surface area contributed by atoms with Crippen LogP contribution in [0, 0.1) is 0 Å². The van der Waals surface area contributed by atoms with Crippen molar-refractivity contribution in [3.8, 4) is 5.75 Å². The molecule has 0 unspecified atom stereocenters. The van der Waals surface area contributed by atoms with Crippen molar-refractivity contribution in [3.63, 3.8) is 0 Å². The number of rotatable bonds is 9. The number of anilines is 1. The summed E-state index contributed by atoms with van der Waals surface area (Å²) >= 11 is 1.55. The summed E-state index contributed by atoms with van der Waals surface area (Å²) < 4.78 is 32.7. The van der Waals surface area contributed by atoms with E-state index in [4.69, 9.17) is 4.74 Å². The molecule has 3 rings (SSSR count). The number of sulfonamides is 1. The number of thioether (sulfide) groups is 1. The van der Waals surface area contributed by atoms with E-state index in [1.54, 1.807) is 60.3 Å². The molecule has 0 atom stereocenters. The van der Waals surface area contributed by atoms with Crippen molar-refractivity contribution in [1.82, 2.24) is 5.32 Å². The van der Waals surface area contributed by atoms with Crippen LogP contribution in [-0.4, -0.2) is 33.7 Å². The SMILES string of the molecule is CSc1ccc(S(=O)(=O)N(C)c2ccc(C(=O)NCc3ccc(OC(C)C)cc3)cc2)cc1. The molecule has 6 nitrogen and oxygen atoms in total. The van der Waals surface area contributed by atoms with Crippen LogP contribution in [0.15, 0.2) is 82.6 Å². The average Bonchev–Trinajstić information content (AvgIpc) is 2.82. The third-order valence-corrected chi connectivity index (χ3v) is 7.50. The highest BCUT2D eigenvalue weighted by molar-refractivity contribution is 7.98. The molecule has 3 aromatic rings. The van der Waals surface area contributed by atoms with Gasteiger partial charge < -0.3 is 10.1 Å². The number of amides is 1. The minimum absolute atomic E-state index is 0.105. The number of nitrogens with one attached hydrogen (secondary N) is 1. The molecule has 0 aliphatic heterocycles. The van der Waals surface area contributed by atoms with Gasteiger partial charge in [-0.05, 0) is 86.3 Å². The van der Waals surface area contributed by atoms with E-state index in [-0.39, 0.29) is 16.9 Å². The molecule has 0 fully saturated rings. The predicted octanol–water partition coefficient (Wildman–Crippen LogP) is 4.95. The maximum atomic E-state index is 12.9. The number of carbonyl (C=O) groups excluding carboxylic acids is 1. The van der Waals surface area contributed by atoms with Crippen molar-refractivity contribution >= 4 is 33.4 Å². The van der Waals surface area contributed by atoms with Crippen LogP contribution < -0.4 is 14.4 Å². The van der Waals surface area contributed by atoms with E-state index in [2.05, 4.69) is 5.32 Å². The van der Waals surface area contributed by atoms with Gasteiger partial charge in [-0.1, -0.05) is 12.1 Å². The standard InChI is InChI=1S/C25H28N2O4S2/c1-18(2)31-22-11-5-19(6-12-22)17-26-25(28)20-7-9-21(10-8-20)27(3)33(29,30)24-15-13-23(32-4)14-16-24/h5-16,18H,17H2,1-4H3,(H,26,28). The van der Waals surface area contributed by atoms with Gasteiger partial charge in [0, 0.05) is 24.1 Å². The molecule has 0 saturated carbocycles. The summed E-state index contributed by atoms with van der Waals surface area (Å²) in [7, 11) is -2.19. The largest absolute Gasteiger partial charge is 0.491 e. The molecule has 3 aromatic carbocycles. The summed E-state index contributed by atoms with van der Waals surface area (Å²) in [4.78, 5) is 13.7. The van der Waals surface area contributed by atoms with E-state index in [0.717, 1.165) is 16.2 Å². The Kier molecular flexibility index (Phi) is 8.05. The van der Waals surface area contributed by atoms with E-state index in [9.17, 15) is 13.2 Å². The van der Waals surface area contributed by atoms with Gasteiger partial charge in [0.25, 0.3) is 15.9 Å². The number of hydrogen-bond donors (Lipinski definition) is 1. The van der Waals surface area contributed by atoms with Crippen molar-refractivity contribution in [2.75, 3.05) is 17.6 Å². The zero-order valence-electron chi connectivity index (χ0n) is 19.1. The molecule has 1 N–H and O–H groups in total. The van der Waals surface area contributed by atoms with Gasteiger partial charge >= 0.3 is 0 Å². The Balaban J connectivity index is 1.63. The first kappa shape index (κ1) is 24.7. The van der Waals surface area contributed by atoms with Crippen LogP contribution in [0.1, 0.15) is 29.8 Å². The first-order valence-corrected chi connectivity index (χ1v) is 13.1. The predicted molar refractivity (Wildman–Crippen MR) is 134 cm³/mol. The average molecular weight is 485 g/mol. The van der Waals surface area contributed by atoms with E-state index in [0.29, 0.717) is 17.8 Å². The van der Waals surface area contributed by atoms with Gasteiger partial charge in [0.15, 0.2) is 0 Å². The highest BCUT2D eigenvalue weighted by Gasteiger charge is 2.21. The maximum absolute atomic E-state index is 12.9. The van der Waals surface area contributed by atoms with Gasteiger partial charge in [-0.3, -0.25) is 9.10 Å². The first-order chi connectivity index (χ1) is 15.7. The lowest BCUT2D eigenvalue weighted by atomic mass is 10.1. The second-order valence-electron chi connectivity index (χ2n) is 7.69. The summed E-state index contributed by atoms with van der Waals surface area (Å²) in [5, 5.41) is 2.88. The molecule has 0 aromatic heterocycles. The number of ether oxygens (including phenoxy) is 1. The molecule has 0 bridgehead atoms. The van der Waals surface area contributed by atoms with Gasteiger partial charge in [0.2, 0.25) is 0 Å². The quantitative estimate of drug-likeness (QED) is 0.435. The summed E-state index contributed by atoms with van der Waals surface area (Å²) in [5.74, 6) is 0.553. The van der Waals surface area contributed by atoms with E-state index in [1.807, 2.05) is 44.4 Å². The van der Waals surface area contributed by atoms with Gasteiger partial charge in [0.05, 0.1) is 16.7 Å². The molecule has 174 valence electrons. The van der Waals surface area contributed by atoms with Crippen LogP contribution in [0.5, 0.6) is 5.75 Å². The van der Waals surface area contributed by atoms with Crippen molar-refractivity contribution in [3.05, 3.63) is 83.9 Å². The Morgan fingerprint density at radius 3 is 2.12 bits per heavy atom. The molecule has 0 aliphatic carbocycles. The van der Waals surface area contributed by atoms with Crippen LogP contribution >= 0.6 is 11.8 Å². The van der Waals surface area contributed by atoms with Gasteiger partial charge in [-0.25, -0.2) is 8.42 Å². The minimum Gasteiger partial charge on any atom is -0.491 e. The molecule has 1 amide bonds. The van der Waals surface area contributed by atoms with Crippen LogP contribution in [0.3, 0.4) is 0 Å². The Morgan fingerprint density at radius 2 is 1.58 bits per heavy atom. The summed E-state index contributed by atoms with van der Waals surface area (Å²) in [5.41, 5.74) is 1.88. The lowest BCUT2D eigenvalue weighted by Crippen LogP contribution is -2.27. The zero-order valence-corrected chi connectivity index (χ0v) is 20.7. The molecule has 0 heterocycles. The third kappa shape index (κ3) is 6.30. The number of hydrogen-bond acceptors (Lipinski definition) is 5. The van der Waals surface area contributed by atoms with E-state index in [1.165, 1.54) is 11.4 Å². The monoisotopic (exact) mass is 484 g/mol. The third-order valence-electron chi connectivity index (χ3n) is 4.96. The molecule has 0 radical (unpaired) electrons. The van der Waals surface area contributed by atoms with Crippen molar-refractivity contribution in [2.45, 2.75) is 36.3 Å². The first-order valence-electron chi connectivity index (χ1n) is 10.5. The molecule has 8 heteroatoms. The minimum atomic E-state index is -3.69. The summed E-state index contributed by atoms with van der Waals surface area (Å²) in [6, 6.07) is 20.8. The molecule has 0 spiro atoms. The Bertz CT molecular complexity index is 1170. The summed E-state index contributed by atoms with van der Waals surface area (Å²) in [6.45, 7) is 4.31. The second-order valence-corrected chi connectivity index (χ2v) is 10.5. The molecule has 33 heavy (non-hydrogen) atoms. The Labute approximate surface area is 200 Å². The van der Waals surface area contributed by atoms with Crippen LogP contribution in [0.25, 0.3) is 0 Å². The fourth-order valence-electron chi connectivity index (χ4n) is 3.11. The van der Waals surface area contributed by atoms with Crippen LogP contribution in [0.2, 0.25) is 0 Å². The highest BCUT2D eigenvalue weighted by Crippen LogP contribution is 2.24. The van der Waals surface area contributed by atoms with Crippen molar-refractivity contribution < 1.29 is 17.9 Å². The lowest BCUT2D eigenvalue weighted by molar-refractivity contribution is 0.0951. The second kappa shape index (κ2) is 10.8. The Morgan fingerprint density at radius 1 is 0.970 bits per heavy atom. The molecular weight excluding hydrogens is 456 g/mol. The molecular formula is C25H28N2O4S2. The highest BCUT2D eigenvalue weighted by atomic mass is 32.2. The molecule has 0 saturated heterocycles. The fraction of sp³-hybridized carbons (Fsp3) is 0.240. The molecule has 0 aliphatic rings. The van der Waals surface area contributed by atoms with Crippen molar-refractivity contribution in [1.29, 1.82) is 0 Å². The zero-order chi connectivity index (χ0) is 24.0. The van der Waals surface area contributed by atoms with Gasteiger partial charge in [-0.2, -0.15) is 0 Å². The van der Waals surface area contributed by atoms with Gasteiger partial charge in [-0.15, -0.1) is 11.8 Å².